The number of hydrogen-bond acceptors (Lipinski definition) is 1. The lowest BCUT2D eigenvalue weighted by Gasteiger charge is -2.44. The van der Waals surface area contributed by atoms with Gasteiger partial charge in [0.25, 0.3) is 0 Å². The van der Waals surface area contributed by atoms with Crippen LogP contribution in [0.4, 0.5) is 11.4 Å². The first-order valence-electron chi connectivity index (χ1n) is 27.4. The van der Waals surface area contributed by atoms with E-state index in [1.807, 2.05) is 0 Å². The zero-order valence-electron chi connectivity index (χ0n) is 46.6. The van der Waals surface area contributed by atoms with Gasteiger partial charge in [-0.1, -0.05) is 206 Å². The highest BCUT2D eigenvalue weighted by Crippen LogP contribution is 2.62. The predicted octanol–water partition coefficient (Wildman–Crippen LogP) is 18.4. The van der Waals surface area contributed by atoms with Gasteiger partial charge in [0.1, 0.15) is 0 Å². The Morgan fingerprint density at radius 3 is 1.55 bits per heavy atom. The topological polar surface area (TPSA) is 13.1 Å². The minimum atomic E-state index is -0.425. The van der Waals surface area contributed by atoms with Gasteiger partial charge in [0, 0.05) is 71.9 Å². The monoisotopic (exact) mass is 976 g/mol. The van der Waals surface area contributed by atoms with E-state index in [1.165, 1.54) is 133 Å². The number of hydrogen-bond donors (Lipinski definition) is 0. The van der Waals surface area contributed by atoms with Crippen LogP contribution in [0.25, 0.3) is 71.6 Å². The molecule has 75 heavy (non-hydrogen) atoms. The van der Waals surface area contributed by atoms with Crippen LogP contribution >= 0.6 is 0 Å². The minimum Gasteiger partial charge on any atom is -0.375 e. The molecule has 2 aromatic heterocycles. The van der Waals surface area contributed by atoms with Crippen molar-refractivity contribution in [1.29, 1.82) is 0 Å². The average Bonchev–Trinajstić information content (AvgIpc) is 4.11. The van der Waals surface area contributed by atoms with Gasteiger partial charge in [-0.15, -0.1) is 0 Å². The van der Waals surface area contributed by atoms with Crippen molar-refractivity contribution in [2.24, 2.45) is 5.41 Å². The first-order chi connectivity index (χ1) is 35.5. The number of para-hydroxylation sites is 1. The third-order valence-corrected chi connectivity index (χ3v) is 17.3. The smallest absolute Gasteiger partial charge is 0.329 e. The molecule has 4 heterocycles. The normalized spacial score (nSPS) is 15.5. The summed E-state index contributed by atoms with van der Waals surface area (Å²) in [6.07, 6.45) is 0. The maximum atomic E-state index is 2.83. The molecule has 0 unspecified atom stereocenters. The van der Waals surface area contributed by atoms with E-state index in [4.69, 9.17) is 0 Å². The van der Waals surface area contributed by atoms with Gasteiger partial charge in [-0.05, 0) is 138 Å². The van der Waals surface area contributed by atoms with E-state index in [-0.39, 0.29) is 28.5 Å². The van der Waals surface area contributed by atoms with Gasteiger partial charge in [0.15, 0.2) is 0 Å². The van der Waals surface area contributed by atoms with Gasteiger partial charge in [-0.2, -0.15) is 0 Å². The zero-order chi connectivity index (χ0) is 52.5. The van der Waals surface area contributed by atoms with Crippen molar-refractivity contribution < 1.29 is 0 Å². The lowest BCUT2D eigenvalue weighted by molar-refractivity contribution is 0.589. The van der Waals surface area contributed by atoms with Crippen molar-refractivity contribution in [3.8, 4) is 16.8 Å². The van der Waals surface area contributed by atoms with Crippen molar-refractivity contribution in [2.75, 3.05) is 4.90 Å². The maximum absolute atomic E-state index is 2.83. The molecule has 4 heteroatoms. The summed E-state index contributed by atoms with van der Waals surface area (Å²) in [4.78, 5) is 2.70. The molecule has 0 saturated carbocycles. The zero-order valence-corrected chi connectivity index (χ0v) is 46.6. The SMILES string of the molecule is CC1(C)C2=C(C(c3ccccc3)=C1c1ccccc1)N(c1ccc(C(C)(C)C)cc1)c1cc(C(C)(C)C)cc3c1B2n1c2ccc(C(C)(C)C)cc2c2c1c-3cc1c3cc(C(C)(C)C)ccc3n(-c3ccccc3)c12. The molecule has 0 spiro atoms. The highest BCUT2D eigenvalue weighted by molar-refractivity contribution is 6.85. The number of anilines is 2. The molecule has 13 rings (SSSR count). The summed E-state index contributed by atoms with van der Waals surface area (Å²) < 4.78 is 5.42. The second kappa shape index (κ2) is 15.9. The number of benzene rings is 8. The molecular formula is C71H70BN3. The van der Waals surface area contributed by atoms with Crippen LogP contribution < -0.4 is 10.4 Å². The first-order valence-corrected chi connectivity index (χ1v) is 27.4. The van der Waals surface area contributed by atoms with Crippen LogP contribution in [0.15, 0.2) is 181 Å². The largest absolute Gasteiger partial charge is 0.375 e. The molecule has 1 aliphatic carbocycles. The Kier molecular flexibility index (Phi) is 10.0. The van der Waals surface area contributed by atoms with E-state index in [0.29, 0.717) is 0 Å². The van der Waals surface area contributed by atoms with Crippen LogP contribution in [0.1, 0.15) is 130 Å². The molecule has 0 fully saturated rings. The number of allylic oxidation sites excluding steroid dienone is 3. The third-order valence-electron chi connectivity index (χ3n) is 17.3. The summed E-state index contributed by atoms with van der Waals surface area (Å²) in [5.74, 6) is 0. The van der Waals surface area contributed by atoms with Crippen molar-refractivity contribution in [3.63, 3.8) is 0 Å². The van der Waals surface area contributed by atoms with Crippen LogP contribution in [0.5, 0.6) is 0 Å². The van der Waals surface area contributed by atoms with Crippen molar-refractivity contribution >= 4 is 78.4 Å². The molecule has 372 valence electrons. The molecule has 0 radical (unpaired) electrons. The fourth-order valence-corrected chi connectivity index (χ4v) is 13.4. The molecule has 3 aliphatic rings. The molecule has 0 saturated heterocycles. The van der Waals surface area contributed by atoms with Gasteiger partial charge in [-0.25, -0.2) is 0 Å². The fraction of sp³-hybridized carbons (Fsp3) is 0.268. The van der Waals surface area contributed by atoms with Crippen molar-refractivity contribution in [1.82, 2.24) is 9.05 Å². The van der Waals surface area contributed by atoms with E-state index < -0.39 is 5.41 Å². The Hall–Kier alpha value is -7.30. The molecular weight excluding hydrogens is 906 g/mol. The van der Waals surface area contributed by atoms with Crippen molar-refractivity contribution in [3.05, 3.63) is 214 Å². The Morgan fingerprint density at radius 1 is 0.427 bits per heavy atom. The summed E-state index contributed by atoms with van der Waals surface area (Å²) in [7, 11) is 0. The van der Waals surface area contributed by atoms with E-state index in [2.05, 4.69) is 281 Å². The maximum Gasteiger partial charge on any atom is 0.329 e. The summed E-state index contributed by atoms with van der Waals surface area (Å²) in [5, 5.41) is 5.22. The molecule has 0 amide bonds. The van der Waals surface area contributed by atoms with Gasteiger partial charge < -0.3 is 13.9 Å². The average molecular weight is 976 g/mol. The Bertz CT molecular complexity index is 4080. The highest BCUT2D eigenvalue weighted by atomic mass is 15.2. The Morgan fingerprint density at radius 2 is 0.960 bits per heavy atom. The molecule has 0 atom stereocenters. The van der Waals surface area contributed by atoms with Crippen LogP contribution in [0, 0.1) is 5.41 Å². The van der Waals surface area contributed by atoms with E-state index in [9.17, 15) is 0 Å². The summed E-state index contributed by atoms with van der Waals surface area (Å²) in [5.41, 5.74) is 25.3. The molecule has 3 nitrogen and oxygen atoms in total. The van der Waals surface area contributed by atoms with Crippen LogP contribution in [0.2, 0.25) is 0 Å². The van der Waals surface area contributed by atoms with E-state index >= 15 is 0 Å². The van der Waals surface area contributed by atoms with E-state index in [0.717, 1.165) is 0 Å². The van der Waals surface area contributed by atoms with Crippen molar-refractivity contribution in [2.45, 2.75) is 119 Å². The molecule has 8 aromatic carbocycles. The lowest BCUT2D eigenvalue weighted by atomic mass is 9.40. The standard InChI is InChI=1S/C71H70BN3/c1-67(2,3)45-30-34-50(35-31-45)74-58-41-48(70(10,11)12)40-52-54-42-53-51-38-46(68(4,5)6)32-36-56(51)73(49-28-22-17-23-29-49)63(53)60-55-39-47(69(7,8)9)33-37-57(55)75(64(54)60)72(62(52)58)66-65(74)59(43-24-18-15-19-25-43)61(71(66,13)14)44-26-20-16-21-27-44/h15-42H,1-14H3. The third kappa shape index (κ3) is 6.93. The van der Waals surface area contributed by atoms with E-state index in [1.54, 1.807) is 0 Å². The summed E-state index contributed by atoms with van der Waals surface area (Å²) in [6.45, 7) is 33.2. The summed E-state index contributed by atoms with van der Waals surface area (Å²) in [6, 6.07) is 65.8. The second-order valence-corrected chi connectivity index (χ2v) is 26.7. The van der Waals surface area contributed by atoms with Gasteiger partial charge in [-0.3, -0.25) is 0 Å². The quantitative estimate of drug-likeness (QED) is 0.160. The molecule has 0 bridgehead atoms. The second-order valence-electron chi connectivity index (χ2n) is 26.7. The fourth-order valence-electron chi connectivity index (χ4n) is 13.4. The number of rotatable bonds is 4. The van der Waals surface area contributed by atoms with Crippen LogP contribution in [-0.4, -0.2) is 15.9 Å². The lowest BCUT2D eigenvalue weighted by Crippen LogP contribution is -2.52. The Balaban J connectivity index is 1.28. The number of aromatic nitrogens is 2. The predicted molar refractivity (Wildman–Crippen MR) is 324 cm³/mol. The minimum absolute atomic E-state index is 0.00618. The summed E-state index contributed by atoms with van der Waals surface area (Å²) >= 11 is 0. The first kappa shape index (κ1) is 47.4. The van der Waals surface area contributed by atoms with Gasteiger partial charge in [0.2, 0.25) is 0 Å². The van der Waals surface area contributed by atoms with Crippen LogP contribution in [0.3, 0.4) is 0 Å². The molecule has 2 aliphatic heterocycles. The van der Waals surface area contributed by atoms with Gasteiger partial charge >= 0.3 is 6.85 Å². The highest BCUT2D eigenvalue weighted by Gasteiger charge is 2.55. The molecule has 0 N–H and O–H groups in total. The molecule has 10 aromatic rings. The van der Waals surface area contributed by atoms with Gasteiger partial charge in [0.05, 0.1) is 11.0 Å². The number of fused-ring (bicyclic) bond motifs is 10. The van der Waals surface area contributed by atoms with Crippen LogP contribution in [-0.2, 0) is 21.7 Å². The Labute approximate surface area is 445 Å². The number of nitrogens with zero attached hydrogens (tertiary/aromatic N) is 3.